The van der Waals surface area contributed by atoms with Gasteiger partial charge in [0.2, 0.25) is 0 Å². The lowest BCUT2D eigenvalue weighted by molar-refractivity contribution is 0.353. The quantitative estimate of drug-likeness (QED) is 0.173. The van der Waals surface area contributed by atoms with E-state index in [0.717, 1.165) is 33.9 Å². The summed E-state index contributed by atoms with van der Waals surface area (Å²) in [5.41, 5.74) is 18.3. The minimum absolute atomic E-state index is 0.152. The van der Waals surface area contributed by atoms with E-state index in [1.807, 2.05) is 6.07 Å². The van der Waals surface area contributed by atoms with Gasteiger partial charge in [0.15, 0.2) is 5.82 Å². The van der Waals surface area contributed by atoms with Gasteiger partial charge in [0.05, 0.1) is 11.4 Å². The van der Waals surface area contributed by atoms with Crippen LogP contribution < -0.4 is 0 Å². The van der Waals surface area contributed by atoms with Gasteiger partial charge in [0.1, 0.15) is 0 Å². The molecule has 1 fully saturated rings. The Hall–Kier alpha value is -6.38. The fraction of sp³-hybridized carbons (Fsp3) is 0.115. The third kappa shape index (κ3) is 5.76. The van der Waals surface area contributed by atoms with Gasteiger partial charge in [-0.3, -0.25) is 0 Å². The molecule has 2 aliphatic rings. The average molecular weight is 693 g/mol. The van der Waals surface area contributed by atoms with Crippen molar-refractivity contribution in [3.63, 3.8) is 0 Å². The second kappa shape index (κ2) is 13.5. The van der Waals surface area contributed by atoms with Crippen molar-refractivity contribution in [2.24, 2.45) is 0 Å². The SMILES string of the molecule is c1ccc(-c2ccc(-c3cc(-c4ccccc4)nc(-c4ccc(-c5cccc(-c6ccc7c(c6)C6(CCCCC6)c6ccccc6-7)c5)cc4)n3)cc2)cc1. The number of hydrogen-bond acceptors (Lipinski definition) is 2. The van der Waals surface area contributed by atoms with Gasteiger partial charge in [-0.1, -0.05) is 183 Å². The van der Waals surface area contributed by atoms with Gasteiger partial charge >= 0.3 is 0 Å². The summed E-state index contributed by atoms with van der Waals surface area (Å²) in [6.45, 7) is 0. The Bertz CT molecular complexity index is 2600. The first-order valence-corrected chi connectivity index (χ1v) is 19.3. The summed E-state index contributed by atoms with van der Waals surface area (Å²) in [7, 11) is 0. The smallest absolute Gasteiger partial charge is 0.160 e. The predicted molar refractivity (Wildman–Crippen MR) is 224 cm³/mol. The fourth-order valence-electron chi connectivity index (χ4n) is 8.96. The Morgan fingerprint density at radius 3 is 1.48 bits per heavy atom. The molecule has 8 aromatic rings. The highest BCUT2D eigenvalue weighted by atomic mass is 14.9. The molecule has 2 nitrogen and oxygen atoms in total. The molecule has 1 spiro atoms. The van der Waals surface area contributed by atoms with Gasteiger partial charge in [-0.15, -0.1) is 0 Å². The van der Waals surface area contributed by atoms with Crippen LogP contribution in [0, 0.1) is 0 Å². The normalized spacial score (nSPS) is 14.1. The zero-order valence-corrected chi connectivity index (χ0v) is 30.3. The van der Waals surface area contributed by atoms with Gasteiger partial charge in [-0.05, 0) is 86.7 Å². The lowest BCUT2D eigenvalue weighted by Gasteiger charge is -2.36. The predicted octanol–water partition coefficient (Wildman–Crippen LogP) is 13.7. The van der Waals surface area contributed by atoms with Crippen LogP contribution in [-0.4, -0.2) is 9.97 Å². The molecule has 1 heterocycles. The molecule has 0 bridgehead atoms. The number of hydrogen-bond donors (Lipinski definition) is 0. The highest BCUT2D eigenvalue weighted by Crippen LogP contribution is 2.56. The van der Waals surface area contributed by atoms with Crippen LogP contribution in [0.5, 0.6) is 0 Å². The van der Waals surface area contributed by atoms with Gasteiger partial charge in [0, 0.05) is 22.1 Å². The molecule has 54 heavy (non-hydrogen) atoms. The molecule has 0 N–H and O–H groups in total. The monoisotopic (exact) mass is 692 g/mol. The molecule has 2 aliphatic carbocycles. The van der Waals surface area contributed by atoms with Crippen molar-refractivity contribution < 1.29 is 0 Å². The fourth-order valence-corrected chi connectivity index (χ4v) is 8.96. The second-order valence-corrected chi connectivity index (χ2v) is 14.9. The van der Waals surface area contributed by atoms with E-state index in [0.29, 0.717) is 0 Å². The van der Waals surface area contributed by atoms with Crippen LogP contribution in [0.3, 0.4) is 0 Å². The second-order valence-electron chi connectivity index (χ2n) is 14.9. The Labute approximate surface area is 317 Å². The standard InChI is InChI=1S/C52H40N2/c1-4-13-36(14-5-1)37-21-25-40(26-22-37)50-35-49(39-15-6-2-7-16-39)53-51(54-50)41-27-23-38(24-28-41)42-17-12-18-43(33-42)44-29-30-46-45-19-8-9-20-47(45)52(48(46)34-44)31-10-3-11-32-52/h1-2,4-9,12-30,33-35H,3,10-11,31-32H2. The molecular formula is C52H40N2. The summed E-state index contributed by atoms with van der Waals surface area (Å²) >= 11 is 0. The molecule has 10 rings (SSSR count). The van der Waals surface area contributed by atoms with E-state index in [1.165, 1.54) is 87.7 Å². The zero-order valence-electron chi connectivity index (χ0n) is 30.3. The highest BCUT2D eigenvalue weighted by Gasteiger charge is 2.43. The van der Waals surface area contributed by atoms with Gasteiger partial charge < -0.3 is 0 Å². The van der Waals surface area contributed by atoms with Crippen molar-refractivity contribution in [1.82, 2.24) is 9.97 Å². The topological polar surface area (TPSA) is 25.8 Å². The Morgan fingerprint density at radius 2 is 0.778 bits per heavy atom. The molecule has 1 saturated carbocycles. The average Bonchev–Trinajstić information content (AvgIpc) is 3.52. The number of aromatic nitrogens is 2. The van der Waals surface area contributed by atoms with Crippen molar-refractivity contribution in [2.45, 2.75) is 37.5 Å². The molecular weight excluding hydrogens is 653 g/mol. The maximum Gasteiger partial charge on any atom is 0.160 e. The molecule has 0 saturated heterocycles. The maximum absolute atomic E-state index is 5.13. The lowest BCUT2D eigenvalue weighted by atomic mass is 9.67. The van der Waals surface area contributed by atoms with Crippen LogP contribution in [0.25, 0.3) is 78.4 Å². The molecule has 0 radical (unpaired) electrons. The first kappa shape index (κ1) is 32.3. The maximum atomic E-state index is 5.13. The van der Waals surface area contributed by atoms with Crippen LogP contribution in [0.2, 0.25) is 0 Å². The molecule has 2 heteroatoms. The summed E-state index contributed by atoms with van der Waals surface area (Å²) in [6, 6.07) is 65.7. The van der Waals surface area contributed by atoms with E-state index in [1.54, 1.807) is 0 Å². The summed E-state index contributed by atoms with van der Waals surface area (Å²) in [4.78, 5) is 10.2. The van der Waals surface area contributed by atoms with Crippen molar-refractivity contribution in [3.8, 4) is 78.4 Å². The van der Waals surface area contributed by atoms with Crippen LogP contribution in [-0.2, 0) is 5.41 Å². The summed E-state index contributed by atoms with van der Waals surface area (Å²) in [5.74, 6) is 0.717. The van der Waals surface area contributed by atoms with Gasteiger partial charge in [0.25, 0.3) is 0 Å². The molecule has 0 atom stereocenters. The molecule has 0 aliphatic heterocycles. The Morgan fingerprint density at radius 1 is 0.315 bits per heavy atom. The van der Waals surface area contributed by atoms with Crippen LogP contribution in [0.4, 0.5) is 0 Å². The molecule has 0 unspecified atom stereocenters. The van der Waals surface area contributed by atoms with Crippen LogP contribution in [0.1, 0.15) is 43.2 Å². The Balaban J connectivity index is 0.975. The summed E-state index contributed by atoms with van der Waals surface area (Å²) in [5, 5.41) is 0. The van der Waals surface area contributed by atoms with E-state index in [2.05, 4.69) is 176 Å². The minimum Gasteiger partial charge on any atom is -0.228 e. The van der Waals surface area contributed by atoms with Crippen molar-refractivity contribution in [2.75, 3.05) is 0 Å². The van der Waals surface area contributed by atoms with Gasteiger partial charge in [-0.25, -0.2) is 9.97 Å². The van der Waals surface area contributed by atoms with Gasteiger partial charge in [-0.2, -0.15) is 0 Å². The van der Waals surface area contributed by atoms with Crippen molar-refractivity contribution in [3.05, 3.63) is 193 Å². The number of rotatable bonds is 6. The third-order valence-electron chi connectivity index (χ3n) is 11.7. The molecule has 7 aromatic carbocycles. The summed E-state index contributed by atoms with van der Waals surface area (Å²) in [6.07, 6.45) is 6.43. The largest absolute Gasteiger partial charge is 0.228 e. The van der Waals surface area contributed by atoms with E-state index >= 15 is 0 Å². The minimum atomic E-state index is 0.152. The lowest BCUT2D eigenvalue weighted by Crippen LogP contribution is -2.28. The van der Waals surface area contributed by atoms with Crippen LogP contribution >= 0.6 is 0 Å². The molecule has 0 amide bonds. The zero-order chi connectivity index (χ0) is 35.9. The number of nitrogens with zero attached hydrogens (tertiary/aromatic N) is 2. The molecule has 1 aromatic heterocycles. The number of benzene rings is 7. The van der Waals surface area contributed by atoms with Crippen LogP contribution in [0.15, 0.2) is 182 Å². The van der Waals surface area contributed by atoms with E-state index in [-0.39, 0.29) is 5.41 Å². The van der Waals surface area contributed by atoms with Crippen molar-refractivity contribution in [1.29, 1.82) is 0 Å². The van der Waals surface area contributed by atoms with E-state index in [4.69, 9.17) is 9.97 Å². The first-order valence-electron chi connectivity index (χ1n) is 19.3. The van der Waals surface area contributed by atoms with Crippen molar-refractivity contribution >= 4 is 0 Å². The molecule has 258 valence electrons. The summed E-state index contributed by atoms with van der Waals surface area (Å²) < 4.78 is 0. The third-order valence-corrected chi connectivity index (χ3v) is 11.7. The number of fused-ring (bicyclic) bond motifs is 5. The Kier molecular flexibility index (Phi) is 8.10. The van der Waals surface area contributed by atoms with E-state index in [9.17, 15) is 0 Å². The van der Waals surface area contributed by atoms with E-state index < -0.39 is 0 Å². The first-order chi connectivity index (χ1) is 26.7. The highest BCUT2D eigenvalue weighted by molar-refractivity contribution is 5.85.